The SMILES string of the molecule is N#Cc1cccc(NCc2ccccc2)c1C#N. The third kappa shape index (κ3) is 2.48. The Morgan fingerprint density at radius 2 is 1.67 bits per heavy atom. The van der Waals surface area contributed by atoms with E-state index < -0.39 is 0 Å². The summed E-state index contributed by atoms with van der Waals surface area (Å²) in [5.74, 6) is 0. The van der Waals surface area contributed by atoms with Gasteiger partial charge in [-0.1, -0.05) is 36.4 Å². The molecule has 86 valence electrons. The van der Waals surface area contributed by atoms with Crippen LogP contribution in [0.25, 0.3) is 0 Å². The molecule has 0 saturated carbocycles. The summed E-state index contributed by atoms with van der Waals surface area (Å²) in [6, 6.07) is 19.2. The topological polar surface area (TPSA) is 59.6 Å². The Labute approximate surface area is 106 Å². The quantitative estimate of drug-likeness (QED) is 0.886. The number of nitriles is 2. The second-order valence-corrected chi connectivity index (χ2v) is 3.79. The predicted octanol–water partition coefficient (Wildman–Crippen LogP) is 3.04. The third-order valence-corrected chi connectivity index (χ3v) is 2.62. The Bertz CT molecular complexity index is 618. The molecular formula is C15H11N3. The van der Waals surface area contributed by atoms with Crippen molar-refractivity contribution in [1.29, 1.82) is 10.5 Å². The highest BCUT2D eigenvalue weighted by molar-refractivity contribution is 5.64. The molecule has 0 radical (unpaired) electrons. The molecule has 0 fully saturated rings. The molecule has 0 unspecified atom stereocenters. The van der Waals surface area contributed by atoms with E-state index in [9.17, 15) is 0 Å². The summed E-state index contributed by atoms with van der Waals surface area (Å²) in [6.45, 7) is 0.629. The number of rotatable bonds is 3. The van der Waals surface area contributed by atoms with E-state index in [1.807, 2.05) is 42.5 Å². The molecule has 2 rings (SSSR count). The van der Waals surface area contributed by atoms with E-state index in [4.69, 9.17) is 10.5 Å². The van der Waals surface area contributed by atoms with Crippen LogP contribution in [0.5, 0.6) is 0 Å². The summed E-state index contributed by atoms with van der Waals surface area (Å²) in [4.78, 5) is 0. The highest BCUT2D eigenvalue weighted by Crippen LogP contribution is 2.19. The molecule has 0 amide bonds. The van der Waals surface area contributed by atoms with Gasteiger partial charge in [-0.25, -0.2) is 0 Å². The van der Waals surface area contributed by atoms with Crippen molar-refractivity contribution in [3.63, 3.8) is 0 Å². The third-order valence-electron chi connectivity index (χ3n) is 2.62. The van der Waals surface area contributed by atoms with Crippen molar-refractivity contribution in [2.75, 3.05) is 5.32 Å². The summed E-state index contributed by atoms with van der Waals surface area (Å²) >= 11 is 0. The molecular weight excluding hydrogens is 222 g/mol. The first-order valence-corrected chi connectivity index (χ1v) is 5.56. The van der Waals surface area contributed by atoms with Crippen molar-refractivity contribution in [2.45, 2.75) is 6.54 Å². The lowest BCUT2D eigenvalue weighted by Crippen LogP contribution is -2.02. The van der Waals surface area contributed by atoms with Crippen molar-refractivity contribution < 1.29 is 0 Å². The van der Waals surface area contributed by atoms with Gasteiger partial charge in [-0.05, 0) is 17.7 Å². The molecule has 1 N–H and O–H groups in total. The summed E-state index contributed by atoms with van der Waals surface area (Å²) in [5.41, 5.74) is 2.62. The van der Waals surface area contributed by atoms with E-state index in [0.717, 1.165) is 5.56 Å². The monoisotopic (exact) mass is 233 g/mol. The number of benzene rings is 2. The van der Waals surface area contributed by atoms with Gasteiger partial charge in [-0.2, -0.15) is 10.5 Å². The second kappa shape index (κ2) is 5.52. The molecule has 0 aliphatic rings. The Balaban J connectivity index is 2.21. The van der Waals surface area contributed by atoms with E-state index in [-0.39, 0.29) is 0 Å². The number of hydrogen-bond donors (Lipinski definition) is 1. The zero-order chi connectivity index (χ0) is 12.8. The first-order chi connectivity index (χ1) is 8.85. The normalized spacial score (nSPS) is 9.22. The minimum absolute atomic E-state index is 0.399. The van der Waals surface area contributed by atoms with Gasteiger partial charge < -0.3 is 5.32 Å². The molecule has 2 aromatic rings. The molecule has 0 aromatic heterocycles. The highest BCUT2D eigenvalue weighted by Gasteiger charge is 2.06. The molecule has 0 spiro atoms. The maximum atomic E-state index is 9.09. The van der Waals surface area contributed by atoms with E-state index in [0.29, 0.717) is 23.4 Å². The zero-order valence-electron chi connectivity index (χ0n) is 9.72. The molecule has 0 aliphatic carbocycles. The Kier molecular flexibility index (Phi) is 3.59. The van der Waals surface area contributed by atoms with Gasteiger partial charge in [0, 0.05) is 6.54 Å². The largest absolute Gasteiger partial charge is 0.380 e. The Hall–Kier alpha value is -2.78. The fraction of sp³-hybridized carbons (Fsp3) is 0.0667. The van der Waals surface area contributed by atoms with Crippen molar-refractivity contribution in [3.8, 4) is 12.1 Å². The van der Waals surface area contributed by atoms with Gasteiger partial charge in [0.15, 0.2) is 0 Å². The van der Waals surface area contributed by atoms with Crippen molar-refractivity contribution in [3.05, 3.63) is 65.2 Å². The van der Waals surface area contributed by atoms with Crippen LogP contribution in [0.3, 0.4) is 0 Å². The van der Waals surface area contributed by atoms with E-state index in [1.54, 1.807) is 12.1 Å². The minimum Gasteiger partial charge on any atom is -0.380 e. The lowest BCUT2D eigenvalue weighted by atomic mass is 10.1. The fourth-order valence-corrected chi connectivity index (χ4v) is 1.71. The van der Waals surface area contributed by atoms with E-state index in [2.05, 4.69) is 11.4 Å². The van der Waals surface area contributed by atoms with Gasteiger partial charge in [0.1, 0.15) is 12.1 Å². The lowest BCUT2D eigenvalue weighted by molar-refractivity contribution is 1.14. The van der Waals surface area contributed by atoms with E-state index >= 15 is 0 Å². The van der Waals surface area contributed by atoms with Crippen LogP contribution in [0.1, 0.15) is 16.7 Å². The average molecular weight is 233 g/mol. The first kappa shape index (κ1) is 11.7. The molecule has 3 heteroatoms. The van der Waals surface area contributed by atoms with Gasteiger partial charge >= 0.3 is 0 Å². The van der Waals surface area contributed by atoms with Crippen LogP contribution in [-0.2, 0) is 6.54 Å². The smallest absolute Gasteiger partial charge is 0.103 e. The summed E-state index contributed by atoms with van der Waals surface area (Å²) in [6.07, 6.45) is 0. The Morgan fingerprint density at radius 1 is 0.889 bits per heavy atom. The second-order valence-electron chi connectivity index (χ2n) is 3.79. The number of anilines is 1. The molecule has 0 bridgehead atoms. The van der Waals surface area contributed by atoms with Crippen LogP contribution in [0.2, 0.25) is 0 Å². The maximum Gasteiger partial charge on any atom is 0.103 e. The van der Waals surface area contributed by atoms with Gasteiger partial charge in [0.2, 0.25) is 0 Å². The van der Waals surface area contributed by atoms with Gasteiger partial charge in [-0.15, -0.1) is 0 Å². The predicted molar refractivity (Wildman–Crippen MR) is 69.6 cm³/mol. The van der Waals surface area contributed by atoms with Gasteiger partial charge in [-0.3, -0.25) is 0 Å². The molecule has 3 nitrogen and oxygen atoms in total. The summed E-state index contributed by atoms with van der Waals surface area (Å²) < 4.78 is 0. The average Bonchev–Trinajstić information content (AvgIpc) is 2.45. The van der Waals surface area contributed by atoms with Gasteiger partial charge in [0.05, 0.1) is 16.8 Å². The molecule has 2 aromatic carbocycles. The number of nitrogens with one attached hydrogen (secondary N) is 1. The highest BCUT2D eigenvalue weighted by atomic mass is 14.9. The van der Waals surface area contributed by atoms with Crippen LogP contribution in [0, 0.1) is 22.7 Å². The molecule has 0 atom stereocenters. The lowest BCUT2D eigenvalue weighted by Gasteiger charge is -2.08. The van der Waals surface area contributed by atoms with Crippen molar-refractivity contribution in [1.82, 2.24) is 0 Å². The Morgan fingerprint density at radius 3 is 2.33 bits per heavy atom. The maximum absolute atomic E-state index is 9.09. The van der Waals surface area contributed by atoms with Crippen molar-refractivity contribution in [2.24, 2.45) is 0 Å². The van der Waals surface area contributed by atoms with Crippen LogP contribution >= 0.6 is 0 Å². The van der Waals surface area contributed by atoms with Crippen molar-refractivity contribution >= 4 is 5.69 Å². The number of nitrogens with zero attached hydrogens (tertiary/aromatic N) is 2. The van der Waals surface area contributed by atoms with E-state index in [1.165, 1.54) is 0 Å². The molecule has 18 heavy (non-hydrogen) atoms. The molecule has 0 saturated heterocycles. The van der Waals surface area contributed by atoms with Crippen LogP contribution < -0.4 is 5.32 Å². The van der Waals surface area contributed by atoms with Crippen LogP contribution in [0.15, 0.2) is 48.5 Å². The zero-order valence-corrected chi connectivity index (χ0v) is 9.72. The summed E-state index contributed by atoms with van der Waals surface area (Å²) in [7, 11) is 0. The summed E-state index contributed by atoms with van der Waals surface area (Å²) in [5, 5.41) is 21.2. The number of hydrogen-bond acceptors (Lipinski definition) is 3. The molecule has 0 aliphatic heterocycles. The van der Waals surface area contributed by atoms with Crippen LogP contribution in [0.4, 0.5) is 5.69 Å². The minimum atomic E-state index is 0.399. The van der Waals surface area contributed by atoms with Gasteiger partial charge in [0.25, 0.3) is 0 Å². The standard InChI is InChI=1S/C15H11N3/c16-9-13-7-4-8-15(14(13)10-17)18-11-12-5-2-1-3-6-12/h1-8,18H,11H2. The van der Waals surface area contributed by atoms with Crippen LogP contribution in [-0.4, -0.2) is 0 Å². The fourth-order valence-electron chi connectivity index (χ4n) is 1.71. The first-order valence-electron chi connectivity index (χ1n) is 5.56. The molecule has 0 heterocycles.